The van der Waals surface area contributed by atoms with E-state index < -0.39 is 23.2 Å². The standard InChI is InChI=1S/CH4N2O.CH4O5S.H3P/c2-1(3)4;2-1-6-7(3,4)5;/h(H4,2,3,4);2H,1H2,(H,3,4,5);1H3. The molecule has 1 unspecified atom stereocenters. The van der Waals surface area contributed by atoms with Crippen LogP contribution in [0.2, 0.25) is 0 Å². The molecule has 0 saturated carbocycles. The molecule has 1 atom stereocenters. The first kappa shape index (κ1) is 17.6. The maximum Gasteiger partial charge on any atom is 0.399 e. The molecular formula is C2H11N2O6PS. The third kappa shape index (κ3) is 55.6. The highest BCUT2D eigenvalue weighted by Crippen LogP contribution is 1.79. The zero-order valence-corrected chi connectivity index (χ0v) is 8.24. The van der Waals surface area contributed by atoms with Crippen LogP contribution in [0.1, 0.15) is 0 Å². The third-order valence-electron chi connectivity index (χ3n) is 0.202. The molecule has 0 saturated heterocycles. The van der Waals surface area contributed by atoms with Crippen LogP contribution in [-0.2, 0) is 14.6 Å². The zero-order valence-electron chi connectivity index (χ0n) is 6.00. The quantitative estimate of drug-likeness (QED) is 0.237. The van der Waals surface area contributed by atoms with Crippen LogP contribution in [-0.4, -0.2) is 30.9 Å². The Kier molecular flexibility index (Phi) is 12.6. The van der Waals surface area contributed by atoms with E-state index in [1.165, 1.54) is 0 Å². The normalized spacial score (nSPS) is 8.83. The van der Waals surface area contributed by atoms with Gasteiger partial charge in [-0.05, 0) is 0 Å². The van der Waals surface area contributed by atoms with Gasteiger partial charge in [0.2, 0.25) is 0 Å². The van der Waals surface area contributed by atoms with E-state index in [0.717, 1.165) is 0 Å². The number of nitrogens with two attached hydrogens (primary N) is 2. The monoisotopic (exact) mass is 222 g/mol. The second kappa shape index (κ2) is 8.62. The minimum absolute atomic E-state index is 0. The SMILES string of the molecule is NC(N)=O.O=S(=O)(O)OCO.P. The summed E-state index contributed by atoms with van der Waals surface area (Å²) in [6, 6.07) is -0.833. The van der Waals surface area contributed by atoms with Gasteiger partial charge in [-0.15, -0.1) is 0 Å². The van der Waals surface area contributed by atoms with Crippen molar-refractivity contribution in [2.75, 3.05) is 6.79 Å². The maximum atomic E-state index is 9.40. The fourth-order valence-corrected chi connectivity index (χ4v) is 0.200. The second-order valence-corrected chi connectivity index (χ2v) is 2.17. The van der Waals surface area contributed by atoms with Crippen LogP contribution in [0, 0.1) is 0 Å². The lowest BCUT2D eigenvalue weighted by atomic mass is 11.2. The minimum atomic E-state index is -4.42. The lowest BCUT2D eigenvalue weighted by Crippen LogP contribution is -2.18. The maximum absolute atomic E-state index is 9.40. The highest BCUT2D eigenvalue weighted by molar-refractivity contribution is 7.80. The van der Waals surface area contributed by atoms with Crippen molar-refractivity contribution in [2.24, 2.45) is 11.5 Å². The molecule has 8 nitrogen and oxygen atoms in total. The summed E-state index contributed by atoms with van der Waals surface area (Å²) in [4.78, 5) is 9.00. The lowest BCUT2D eigenvalue weighted by Gasteiger charge is -1.88. The van der Waals surface area contributed by atoms with E-state index in [1.807, 2.05) is 0 Å². The molecule has 0 bridgehead atoms. The molecule has 10 heteroatoms. The molecule has 0 aromatic heterocycles. The van der Waals surface area contributed by atoms with Gasteiger partial charge in [0.05, 0.1) is 0 Å². The summed E-state index contributed by atoms with van der Waals surface area (Å²) in [5, 5.41) is 7.64. The van der Waals surface area contributed by atoms with Crippen molar-refractivity contribution in [3.05, 3.63) is 0 Å². The second-order valence-electron chi connectivity index (χ2n) is 1.08. The van der Waals surface area contributed by atoms with Crippen LogP contribution < -0.4 is 11.5 Å². The van der Waals surface area contributed by atoms with Crippen molar-refractivity contribution in [1.29, 1.82) is 0 Å². The molecule has 0 aromatic carbocycles. The van der Waals surface area contributed by atoms with Gasteiger partial charge >= 0.3 is 16.4 Å². The van der Waals surface area contributed by atoms with Crippen molar-refractivity contribution in [3.8, 4) is 0 Å². The van der Waals surface area contributed by atoms with Crippen molar-refractivity contribution in [3.63, 3.8) is 0 Å². The van der Waals surface area contributed by atoms with Gasteiger partial charge in [0.1, 0.15) is 0 Å². The first-order valence-corrected chi connectivity index (χ1v) is 3.43. The minimum Gasteiger partial charge on any atom is -0.369 e. The van der Waals surface area contributed by atoms with Crippen LogP contribution in [0.5, 0.6) is 0 Å². The molecule has 2 amide bonds. The fraction of sp³-hybridized carbons (Fsp3) is 0.500. The van der Waals surface area contributed by atoms with Crippen LogP contribution in [0.4, 0.5) is 4.79 Å². The van der Waals surface area contributed by atoms with E-state index in [1.54, 1.807) is 0 Å². The van der Waals surface area contributed by atoms with E-state index >= 15 is 0 Å². The smallest absolute Gasteiger partial charge is 0.369 e. The predicted molar refractivity (Wildman–Crippen MR) is 44.6 cm³/mol. The molecule has 0 aliphatic rings. The molecule has 0 radical (unpaired) electrons. The fourth-order valence-electron chi connectivity index (χ4n) is 0.0666. The Hall–Kier alpha value is -0.470. The first-order valence-electron chi connectivity index (χ1n) is 2.07. The van der Waals surface area contributed by atoms with E-state index in [0.29, 0.717) is 0 Å². The van der Waals surface area contributed by atoms with E-state index in [4.69, 9.17) is 14.5 Å². The van der Waals surface area contributed by atoms with Gasteiger partial charge in [0, 0.05) is 0 Å². The average molecular weight is 222 g/mol. The van der Waals surface area contributed by atoms with E-state index in [2.05, 4.69) is 15.7 Å². The van der Waals surface area contributed by atoms with Gasteiger partial charge in [-0.1, -0.05) is 0 Å². The molecule has 0 fully saturated rings. The largest absolute Gasteiger partial charge is 0.399 e. The molecule has 6 N–H and O–H groups in total. The summed E-state index contributed by atoms with van der Waals surface area (Å²) < 4.78 is 29.7. The Morgan fingerprint density at radius 3 is 1.67 bits per heavy atom. The molecule has 0 aliphatic heterocycles. The molecule has 0 rings (SSSR count). The number of rotatable bonds is 2. The Morgan fingerprint density at radius 2 is 1.67 bits per heavy atom. The molecule has 0 spiro atoms. The number of carbonyl (C=O) groups is 1. The number of hydrogen-bond acceptors (Lipinski definition) is 5. The number of amides is 2. The average Bonchev–Trinajstić information content (AvgIpc) is 1.58. The summed E-state index contributed by atoms with van der Waals surface area (Å²) in [6.45, 7) is -1.03. The van der Waals surface area contributed by atoms with Crippen LogP contribution >= 0.6 is 9.90 Å². The Bertz CT molecular complexity index is 198. The topological polar surface area (TPSA) is 153 Å². The van der Waals surface area contributed by atoms with Crippen molar-refractivity contribution >= 4 is 26.3 Å². The van der Waals surface area contributed by atoms with Gasteiger partial charge in [0.25, 0.3) is 0 Å². The Morgan fingerprint density at radius 1 is 1.42 bits per heavy atom. The predicted octanol–water partition coefficient (Wildman–Crippen LogP) is -2.16. The number of urea groups is 1. The number of aliphatic hydroxyl groups is 1. The van der Waals surface area contributed by atoms with Gasteiger partial charge < -0.3 is 16.6 Å². The molecule has 76 valence electrons. The summed E-state index contributed by atoms with van der Waals surface area (Å²) in [6.07, 6.45) is 0. The summed E-state index contributed by atoms with van der Waals surface area (Å²) in [5.41, 5.74) is 8.50. The number of hydrogen-bond donors (Lipinski definition) is 4. The highest BCUT2D eigenvalue weighted by atomic mass is 32.3. The summed E-state index contributed by atoms with van der Waals surface area (Å²) >= 11 is 0. The zero-order chi connectivity index (χ0) is 9.49. The van der Waals surface area contributed by atoms with Gasteiger partial charge in [-0.2, -0.15) is 18.3 Å². The van der Waals surface area contributed by atoms with Crippen LogP contribution in [0.15, 0.2) is 0 Å². The van der Waals surface area contributed by atoms with Gasteiger partial charge in [0.15, 0.2) is 6.79 Å². The Balaban J connectivity index is -0.000000142. The molecule has 0 heterocycles. The van der Waals surface area contributed by atoms with Gasteiger partial charge in [-0.3, -0.25) is 4.55 Å². The Labute approximate surface area is 72.4 Å². The van der Waals surface area contributed by atoms with Crippen LogP contribution in [0.3, 0.4) is 0 Å². The highest BCUT2D eigenvalue weighted by Gasteiger charge is 1.99. The number of carbonyl (C=O) groups excluding carboxylic acids is 1. The summed E-state index contributed by atoms with van der Waals surface area (Å²) in [5.74, 6) is 0. The van der Waals surface area contributed by atoms with Crippen LogP contribution in [0.25, 0.3) is 0 Å². The summed E-state index contributed by atoms with van der Waals surface area (Å²) in [7, 11) is -4.42. The van der Waals surface area contributed by atoms with Crippen molar-refractivity contribution < 1.29 is 27.1 Å². The van der Waals surface area contributed by atoms with E-state index in [-0.39, 0.29) is 9.90 Å². The number of primary amides is 2. The molecular weight excluding hydrogens is 211 g/mol. The first-order chi connectivity index (χ1) is 4.79. The van der Waals surface area contributed by atoms with Crippen molar-refractivity contribution in [2.45, 2.75) is 0 Å². The number of aliphatic hydroxyl groups excluding tert-OH is 1. The third-order valence-corrected chi connectivity index (χ3v) is 0.605. The van der Waals surface area contributed by atoms with Crippen molar-refractivity contribution in [1.82, 2.24) is 0 Å². The molecule has 12 heavy (non-hydrogen) atoms. The van der Waals surface area contributed by atoms with Gasteiger partial charge in [-0.25, -0.2) is 8.98 Å². The lowest BCUT2D eigenvalue weighted by molar-refractivity contribution is 0.0920. The molecule has 0 aromatic rings. The molecule has 0 aliphatic carbocycles. The van der Waals surface area contributed by atoms with E-state index in [9.17, 15) is 8.42 Å².